The van der Waals surface area contributed by atoms with Crippen molar-refractivity contribution in [3.05, 3.63) is 90.0 Å². The Labute approximate surface area is 173 Å². The molecule has 148 valence electrons. The monoisotopic (exact) mass is 396 g/mol. The molecular formula is C24H20N4O2. The van der Waals surface area contributed by atoms with Crippen molar-refractivity contribution in [1.82, 2.24) is 9.78 Å². The number of benzene rings is 3. The van der Waals surface area contributed by atoms with Gasteiger partial charge < -0.3 is 15.8 Å². The van der Waals surface area contributed by atoms with Crippen molar-refractivity contribution in [3.8, 4) is 28.4 Å². The molecule has 3 aromatic carbocycles. The molecule has 1 amide bonds. The van der Waals surface area contributed by atoms with Crippen LogP contribution in [0.4, 0.5) is 5.82 Å². The van der Waals surface area contributed by atoms with E-state index < -0.39 is 5.91 Å². The maximum Gasteiger partial charge on any atom is 0.254 e. The van der Waals surface area contributed by atoms with E-state index in [1.165, 1.54) is 5.56 Å². The number of nitrogens with zero attached hydrogens (tertiary/aromatic N) is 2. The maximum atomic E-state index is 12.4. The first-order valence-electron chi connectivity index (χ1n) is 9.79. The number of anilines is 1. The highest BCUT2D eigenvalue weighted by atomic mass is 16.5. The predicted octanol–water partition coefficient (Wildman–Crippen LogP) is 4.40. The third kappa shape index (κ3) is 3.18. The Balaban J connectivity index is 1.56. The molecule has 2 heterocycles. The van der Waals surface area contributed by atoms with E-state index in [4.69, 9.17) is 15.6 Å². The Bertz CT molecular complexity index is 1210. The summed E-state index contributed by atoms with van der Waals surface area (Å²) in [7, 11) is 0. The summed E-state index contributed by atoms with van der Waals surface area (Å²) in [6.07, 6.45) is 0.846. The number of ether oxygens (including phenoxy) is 1. The van der Waals surface area contributed by atoms with Gasteiger partial charge in [-0.2, -0.15) is 5.10 Å². The van der Waals surface area contributed by atoms with Crippen molar-refractivity contribution >= 4 is 11.7 Å². The van der Waals surface area contributed by atoms with Gasteiger partial charge in [-0.25, -0.2) is 4.68 Å². The Kier molecular flexibility index (Phi) is 4.44. The van der Waals surface area contributed by atoms with Crippen molar-refractivity contribution in [1.29, 1.82) is 0 Å². The van der Waals surface area contributed by atoms with Gasteiger partial charge in [-0.05, 0) is 54.4 Å². The van der Waals surface area contributed by atoms with Crippen LogP contribution in [0.5, 0.6) is 11.5 Å². The lowest BCUT2D eigenvalue weighted by atomic mass is 10.1. The molecule has 5 rings (SSSR count). The van der Waals surface area contributed by atoms with E-state index in [-0.39, 0.29) is 0 Å². The van der Waals surface area contributed by atoms with Crippen LogP contribution >= 0.6 is 0 Å². The number of aromatic nitrogens is 2. The van der Waals surface area contributed by atoms with Crippen molar-refractivity contribution in [2.45, 2.75) is 6.42 Å². The van der Waals surface area contributed by atoms with E-state index >= 15 is 0 Å². The van der Waals surface area contributed by atoms with E-state index in [2.05, 4.69) is 11.4 Å². The molecule has 1 aliphatic heterocycles. The molecule has 0 aliphatic carbocycles. The van der Waals surface area contributed by atoms with Crippen LogP contribution in [0.3, 0.4) is 0 Å². The molecule has 0 saturated heterocycles. The summed E-state index contributed by atoms with van der Waals surface area (Å²) in [6, 6.07) is 25.1. The molecule has 1 aromatic heterocycles. The molecular weight excluding hydrogens is 376 g/mol. The zero-order valence-corrected chi connectivity index (χ0v) is 16.2. The van der Waals surface area contributed by atoms with Crippen LogP contribution in [0.2, 0.25) is 0 Å². The second kappa shape index (κ2) is 7.40. The summed E-state index contributed by atoms with van der Waals surface area (Å²) in [5.41, 5.74) is 9.62. The third-order valence-corrected chi connectivity index (χ3v) is 5.15. The van der Waals surface area contributed by atoms with Crippen LogP contribution in [0.1, 0.15) is 15.9 Å². The molecule has 1 aliphatic rings. The van der Waals surface area contributed by atoms with Crippen molar-refractivity contribution in [2.24, 2.45) is 5.73 Å². The number of amides is 1. The molecule has 0 radical (unpaired) electrons. The summed E-state index contributed by atoms with van der Waals surface area (Å²) < 4.78 is 7.65. The van der Waals surface area contributed by atoms with Gasteiger partial charge in [-0.3, -0.25) is 4.79 Å². The van der Waals surface area contributed by atoms with Crippen LogP contribution in [0, 0.1) is 0 Å². The van der Waals surface area contributed by atoms with Crippen LogP contribution in [-0.4, -0.2) is 22.2 Å². The predicted molar refractivity (Wildman–Crippen MR) is 116 cm³/mol. The van der Waals surface area contributed by atoms with E-state index in [0.717, 1.165) is 23.4 Å². The van der Waals surface area contributed by atoms with Crippen LogP contribution in [0.15, 0.2) is 78.9 Å². The van der Waals surface area contributed by atoms with Crippen LogP contribution in [-0.2, 0) is 6.42 Å². The molecule has 3 N–H and O–H groups in total. The lowest BCUT2D eigenvalue weighted by molar-refractivity contribution is 0.100. The number of fused-ring (bicyclic) bond motifs is 3. The Morgan fingerprint density at radius 2 is 1.63 bits per heavy atom. The molecule has 0 spiro atoms. The highest BCUT2D eigenvalue weighted by Gasteiger charge is 2.26. The van der Waals surface area contributed by atoms with E-state index in [9.17, 15) is 4.79 Å². The first-order valence-corrected chi connectivity index (χ1v) is 9.79. The number of carbonyl (C=O) groups is 1. The smallest absolute Gasteiger partial charge is 0.254 e. The molecule has 0 unspecified atom stereocenters. The minimum atomic E-state index is -0.511. The number of hydrogen-bond donors (Lipinski definition) is 2. The summed E-state index contributed by atoms with van der Waals surface area (Å²) in [5.74, 6) is 1.59. The minimum Gasteiger partial charge on any atom is -0.457 e. The fraction of sp³-hybridized carbons (Fsp3) is 0.0833. The Hall–Kier alpha value is -4.06. The maximum absolute atomic E-state index is 12.4. The fourth-order valence-corrected chi connectivity index (χ4v) is 3.74. The van der Waals surface area contributed by atoms with Gasteiger partial charge in [0.15, 0.2) is 0 Å². The van der Waals surface area contributed by atoms with Gasteiger partial charge in [-0.1, -0.05) is 36.4 Å². The van der Waals surface area contributed by atoms with Crippen molar-refractivity contribution in [2.75, 3.05) is 11.9 Å². The van der Waals surface area contributed by atoms with Crippen molar-refractivity contribution < 1.29 is 9.53 Å². The molecule has 6 nitrogen and oxygen atoms in total. The summed E-state index contributed by atoms with van der Waals surface area (Å²) in [5, 5.41) is 8.10. The van der Waals surface area contributed by atoms with E-state index in [0.29, 0.717) is 29.4 Å². The van der Waals surface area contributed by atoms with Gasteiger partial charge in [0.2, 0.25) is 0 Å². The second-order valence-electron chi connectivity index (χ2n) is 7.09. The van der Waals surface area contributed by atoms with Gasteiger partial charge in [-0.15, -0.1) is 0 Å². The molecule has 6 heteroatoms. The van der Waals surface area contributed by atoms with Crippen molar-refractivity contribution in [3.63, 3.8) is 0 Å². The highest BCUT2D eigenvalue weighted by Crippen LogP contribution is 2.34. The third-order valence-electron chi connectivity index (χ3n) is 5.15. The van der Waals surface area contributed by atoms with Gasteiger partial charge in [0.1, 0.15) is 28.6 Å². The number of para-hydroxylation sites is 2. The quantitative estimate of drug-likeness (QED) is 0.536. The number of primary amides is 1. The molecule has 0 fully saturated rings. The van der Waals surface area contributed by atoms with E-state index in [1.807, 2.05) is 72.8 Å². The first kappa shape index (κ1) is 18.0. The number of nitrogens with two attached hydrogens (primary N) is 1. The van der Waals surface area contributed by atoms with E-state index in [1.54, 1.807) is 4.68 Å². The Morgan fingerprint density at radius 1 is 0.933 bits per heavy atom. The zero-order valence-electron chi connectivity index (χ0n) is 16.2. The van der Waals surface area contributed by atoms with Crippen LogP contribution < -0.4 is 15.8 Å². The van der Waals surface area contributed by atoms with Crippen LogP contribution in [0.25, 0.3) is 16.9 Å². The number of rotatable bonds is 4. The lowest BCUT2D eigenvalue weighted by Gasteiger charge is -2.07. The lowest BCUT2D eigenvalue weighted by Crippen LogP contribution is -2.15. The van der Waals surface area contributed by atoms with Gasteiger partial charge in [0.05, 0.1) is 5.69 Å². The summed E-state index contributed by atoms with van der Waals surface area (Å²) in [6.45, 7) is 0.701. The first-order chi connectivity index (χ1) is 14.7. The van der Waals surface area contributed by atoms with Gasteiger partial charge >= 0.3 is 0 Å². The largest absolute Gasteiger partial charge is 0.457 e. The summed E-state index contributed by atoms with van der Waals surface area (Å²) in [4.78, 5) is 12.4. The molecule has 0 bridgehead atoms. The Morgan fingerprint density at radius 3 is 2.40 bits per heavy atom. The number of nitrogens with one attached hydrogen (secondary N) is 1. The molecule has 0 atom stereocenters. The second-order valence-corrected chi connectivity index (χ2v) is 7.09. The SMILES string of the molecule is NC(=O)c1c(-c2ccc(Oc3ccccc3)cc2)nn2c1NCCc1ccccc1-2. The zero-order chi connectivity index (χ0) is 20.5. The topological polar surface area (TPSA) is 82.2 Å². The normalized spacial score (nSPS) is 12.3. The molecule has 30 heavy (non-hydrogen) atoms. The number of carbonyl (C=O) groups excluding carboxylic acids is 1. The fourth-order valence-electron chi connectivity index (χ4n) is 3.74. The minimum absolute atomic E-state index is 0.392. The average Bonchev–Trinajstić information content (AvgIpc) is 3.06. The summed E-state index contributed by atoms with van der Waals surface area (Å²) >= 11 is 0. The molecule has 4 aromatic rings. The van der Waals surface area contributed by atoms with Gasteiger partial charge in [0.25, 0.3) is 5.91 Å². The standard InChI is InChI=1S/C24H20N4O2/c25-23(29)21-22(17-10-12-19(13-11-17)30-18-7-2-1-3-8-18)27-28-20-9-5-4-6-16(20)14-15-26-24(21)28/h1-13,26H,14-15H2,(H2,25,29). The van der Waals surface area contributed by atoms with Gasteiger partial charge in [0, 0.05) is 12.1 Å². The average molecular weight is 396 g/mol. The number of hydrogen-bond acceptors (Lipinski definition) is 4. The highest BCUT2D eigenvalue weighted by molar-refractivity contribution is 6.04. The molecule has 0 saturated carbocycles.